The molecule has 0 aromatic carbocycles. The molecule has 0 atom stereocenters. The minimum atomic E-state index is -6.03. The third-order valence-electron chi connectivity index (χ3n) is 5.23. The Morgan fingerprint density at radius 1 is 1.07 bits per heavy atom. The molecule has 0 aliphatic heterocycles. The second kappa shape index (κ2) is 7.44. The first-order valence-corrected chi connectivity index (χ1v) is 9.25. The summed E-state index contributed by atoms with van der Waals surface area (Å²) in [6.45, 7) is 1.81. The maximum Gasteiger partial charge on any atom is 0.431 e. The van der Waals surface area contributed by atoms with Crippen molar-refractivity contribution in [2.75, 3.05) is 5.32 Å². The lowest BCUT2D eigenvalue weighted by molar-refractivity contribution is -0.360. The van der Waals surface area contributed by atoms with Gasteiger partial charge < -0.3 is 5.32 Å². The molecule has 1 aliphatic carbocycles. The van der Waals surface area contributed by atoms with Crippen LogP contribution in [0.15, 0.2) is 6.33 Å². The molecular weight excluding hydrogens is 431 g/mol. The summed E-state index contributed by atoms with van der Waals surface area (Å²) in [6, 6.07) is -0.506. The fraction of sp³-hybridized carbons (Fsp3) is 0.688. The number of halogens is 8. The van der Waals surface area contributed by atoms with Gasteiger partial charge in [0.25, 0.3) is 5.78 Å². The van der Waals surface area contributed by atoms with Crippen molar-refractivity contribution in [2.45, 2.75) is 63.1 Å². The Hall–Kier alpha value is -1.85. The number of alkyl halides is 7. The molecule has 2 aromatic heterocycles. The van der Waals surface area contributed by atoms with Crippen LogP contribution in [-0.4, -0.2) is 43.6 Å². The molecule has 1 N–H and O–H groups in total. The van der Waals surface area contributed by atoms with Crippen LogP contribution in [0.2, 0.25) is 5.02 Å². The first-order valence-electron chi connectivity index (χ1n) is 8.87. The molecule has 1 fully saturated rings. The standard InChI is InChI=1S/C16H17ClF7N5/c1-2-10-11(17)12(29-13(28-10)25-7-26-29)27-9-5-3-8(4-6-9)14(18,15(19,20)21)16(22,23)24/h7-9,27H,2-6H2,1H3. The highest BCUT2D eigenvalue weighted by atomic mass is 35.5. The summed E-state index contributed by atoms with van der Waals surface area (Å²) in [5.74, 6) is -1.65. The number of hydrogen-bond acceptors (Lipinski definition) is 4. The van der Waals surface area contributed by atoms with Crippen LogP contribution in [0.4, 0.5) is 36.6 Å². The summed E-state index contributed by atoms with van der Waals surface area (Å²) in [5, 5.41) is 7.22. The van der Waals surface area contributed by atoms with Crippen LogP contribution in [0.3, 0.4) is 0 Å². The molecule has 3 rings (SSSR count). The molecule has 1 saturated carbocycles. The van der Waals surface area contributed by atoms with Gasteiger partial charge in [0, 0.05) is 12.0 Å². The lowest BCUT2D eigenvalue weighted by Crippen LogP contribution is -2.59. The summed E-state index contributed by atoms with van der Waals surface area (Å²) < 4.78 is 93.3. The predicted molar refractivity (Wildman–Crippen MR) is 90.5 cm³/mol. The fourth-order valence-corrected chi connectivity index (χ4v) is 3.99. The van der Waals surface area contributed by atoms with Crippen LogP contribution in [0, 0.1) is 5.92 Å². The van der Waals surface area contributed by atoms with E-state index in [1.54, 1.807) is 0 Å². The van der Waals surface area contributed by atoms with Crippen molar-refractivity contribution in [3.8, 4) is 0 Å². The molecule has 0 spiro atoms. The van der Waals surface area contributed by atoms with Crippen molar-refractivity contribution in [1.82, 2.24) is 19.6 Å². The van der Waals surface area contributed by atoms with Gasteiger partial charge in [-0.15, -0.1) is 0 Å². The molecule has 13 heteroatoms. The first kappa shape index (κ1) is 21.8. The zero-order valence-corrected chi connectivity index (χ0v) is 15.8. The highest BCUT2D eigenvalue weighted by Gasteiger charge is 2.75. The Labute approximate surface area is 165 Å². The van der Waals surface area contributed by atoms with Gasteiger partial charge in [-0.1, -0.05) is 18.5 Å². The molecule has 29 heavy (non-hydrogen) atoms. The zero-order valence-electron chi connectivity index (χ0n) is 15.1. The van der Waals surface area contributed by atoms with Crippen molar-refractivity contribution in [2.24, 2.45) is 5.92 Å². The first-order chi connectivity index (χ1) is 13.4. The lowest BCUT2D eigenvalue weighted by atomic mass is 9.75. The van der Waals surface area contributed by atoms with Crippen molar-refractivity contribution < 1.29 is 30.7 Å². The Kier molecular flexibility index (Phi) is 5.61. The van der Waals surface area contributed by atoms with Crippen LogP contribution in [-0.2, 0) is 6.42 Å². The second-order valence-electron chi connectivity index (χ2n) is 6.95. The summed E-state index contributed by atoms with van der Waals surface area (Å²) >= 11 is 6.31. The molecule has 0 bridgehead atoms. The van der Waals surface area contributed by atoms with Crippen molar-refractivity contribution in [3.05, 3.63) is 17.0 Å². The molecule has 5 nitrogen and oxygen atoms in total. The van der Waals surface area contributed by atoms with Gasteiger partial charge in [-0.2, -0.15) is 40.9 Å². The van der Waals surface area contributed by atoms with Crippen LogP contribution in [0.25, 0.3) is 5.78 Å². The van der Waals surface area contributed by atoms with E-state index in [-0.39, 0.29) is 23.6 Å². The maximum absolute atomic E-state index is 14.3. The van der Waals surface area contributed by atoms with E-state index in [9.17, 15) is 30.7 Å². The van der Waals surface area contributed by atoms with E-state index in [1.807, 2.05) is 6.92 Å². The molecule has 1 aliphatic rings. The van der Waals surface area contributed by atoms with E-state index in [4.69, 9.17) is 11.6 Å². The monoisotopic (exact) mass is 447 g/mol. The van der Waals surface area contributed by atoms with Crippen molar-refractivity contribution in [3.63, 3.8) is 0 Å². The molecule has 162 valence electrons. The van der Waals surface area contributed by atoms with Gasteiger partial charge in [0.1, 0.15) is 11.3 Å². The van der Waals surface area contributed by atoms with Gasteiger partial charge in [-0.05, 0) is 32.1 Å². The molecular formula is C16H17ClF7N5. The van der Waals surface area contributed by atoms with Crippen LogP contribution >= 0.6 is 11.6 Å². The topological polar surface area (TPSA) is 55.1 Å². The van der Waals surface area contributed by atoms with Gasteiger partial charge >= 0.3 is 18.0 Å². The molecule has 2 heterocycles. The average molecular weight is 448 g/mol. The normalized spacial score (nSPS) is 21.6. The number of aryl methyl sites for hydroxylation is 1. The number of nitrogens with one attached hydrogen (secondary N) is 1. The van der Waals surface area contributed by atoms with E-state index in [0.29, 0.717) is 17.9 Å². The molecule has 0 amide bonds. The minimum Gasteiger partial charge on any atom is -0.366 e. The highest BCUT2D eigenvalue weighted by molar-refractivity contribution is 6.33. The van der Waals surface area contributed by atoms with Crippen molar-refractivity contribution >= 4 is 23.2 Å². The SMILES string of the molecule is CCc1nc2ncnn2c(NC2CCC(C(F)(C(F)(F)F)C(F)(F)F)CC2)c1Cl. The Bertz CT molecular complexity index is 857. The molecule has 2 aromatic rings. The van der Waals surface area contributed by atoms with Gasteiger partial charge in [0.15, 0.2) is 5.82 Å². The number of fused-ring (bicyclic) bond motifs is 1. The molecule has 0 radical (unpaired) electrons. The average Bonchev–Trinajstić information content (AvgIpc) is 3.10. The van der Waals surface area contributed by atoms with Crippen LogP contribution in [0.5, 0.6) is 0 Å². The summed E-state index contributed by atoms with van der Waals surface area (Å²) in [7, 11) is 0. The number of aromatic nitrogens is 4. The van der Waals surface area contributed by atoms with Crippen LogP contribution in [0.1, 0.15) is 38.3 Å². The fourth-order valence-electron chi connectivity index (χ4n) is 3.68. The van der Waals surface area contributed by atoms with E-state index in [0.717, 1.165) is 0 Å². The molecule has 0 unspecified atom stereocenters. The van der Waals surface area contributed by atoms with Gasteiger partial charge in [0.05, 0.1) is 5.69 Å². The number of hydrogen-bond donors (Lipinski definition) is 1. The van der Waals surface area contributed by atoms with Gasteiger partial charge in [-0.3, -0.25) is 0 Å². The van der Waals surface area contributed by atoms with E-state index < -0.39 is 42.8 Å². The summed E-state index contributed by atoms with van der Waals surface area (Å²) in [6.07, 6.45) is -11.7. The van der Waals surface area contributed by atoms with Crippen LogP contribution < -0.4 is 5.32 Å². The second-order valence-corrected chi connectivity index (χ2v) is 7.32. The Morgan fingerprint density at radius 3 is 2.17 bits per heavy atom. The van der Waals surface area contributed by atoms with E-state index in [1.165, 1.54) is 10.8 Å². The maximum atomic E-state index is 14.3. The molecule has 0 saturated heterocycles. The van der Waals surface area contributed by atoms with E-state index in [2.05, 4.69) is 20.4 Å². The smallest absolute Gasteiger partial charge is 0.366 e. The minimum absolute atomic E-state index is 0.0984. The van der Waals surface area contributed by atoms with E-state index >= 15 is 0 Å². The van der Waals surface area contributed by atoms with Gasteiger partial charge in [-0.25, -0.2) is 9.37 Å². The number of anilines is 1. The number of rotatable bonds is 4. The Balaban J connectivity index is 1.80. The highest BCUT2D eigenvalue weighted by Crippen LogP contribution is 2.54. The van der Waals surface area contributed by atoms with Gasteiger partial charge in [0.2, 0.25) is 0 Å². The largest absolute Gasteiger partial charge is 0.431 e. The predicted octanol–water partition coefficient (Wildman–Crippen LogP) is 5.14. The third-order valence-corrected chi connectivity index (χ3v) is 5.63. The number of nitrogens with zero attached hydrogens (tertiary/aromatic N) is 4. The summed E-state index contributed by atoms with van der Waals surface area (Å²) in [5.41, 5.74) is -4.71. The Morgan fingerprint density at radius 2 is 1.66 bits per heavy atom. The van der Waals surface area contributed by atoms with Crippen molar-refractivity contribution in [1.29, 1.82) is 0 Å². The zero-order chi connectivity index (χ0) is 21.6. The quantitative estimate of drug-likeness (QED) is 0.659. The third kappa shape index (κ3) is 3.71. The summed E-state index contributed by atoms with van der Waals surface area (Å²) in [4.78, 5) is 8.19. The lowest BCUT2D eigenvalue weighted by Gasteiger charge is -2.40.